The first-order valence-electron chi connectivity index (χ1n) is 5.62. The van der Waals surface area contributed by atoms with Gasteiger partial charge in [0.25, 0.3) is 0 Å². The Kier molecular flexibility index (Phi) is 3.34. The summed E-state index contributed by atoms with van der Waals surface area (Å²) in [5, 5.41) is 4.10. The van der Waals surface area contributed by atoms with Crippen molar-refractivity contribution < 1.29 is 4.79 Å². The van der Waals surface area contributed by atoms with Gasteiger partial charge in [0, 0.05) is 18.1 Å². The molecule has 1 saturated carbocycles. The lowest BCUT2D eigenvalue weighted by Crippen LogP contribution is -2.20. The van der Waals surface area contributed by atoms with Gasteiger partial charge in [-0.2, -0.15) is 5.10 Å². The summed E-state index contributed by atoms with van der Waals surface area (Å²) in [5.41, 5.74) is 4.76. The Bertz CT molecular complexity index is 394. The van der Waals surface area contributed by atoms with Crippen LogP contribution in [0.5, 0.6) is 0 Å². The molecule has 0 radical (unpaired) electrons. The van der Waals surface area contributed by atoms with E-state index in [0.29, 0.717) is 0 Å². The van der Waals surface area contributed by atoms with E-state index in [4.69, 9.17) is 0 Å². The van der Waals surface area contributed by atoms with Crippen molar-refractivity contribution in [1.82, 2.24) is 5.43 Å². The van der Waals surface area contributed by atoms with Crippen molar-refractivity contribution in [3.63, 3.8) is 0 Å². The Labute approximate surface area is 95.6 Å². The highest BCUT2D eigenvalue weighted by Crippen LogP contribution is 2.28. The molecule has 0 unspecified atom stereocenters. The average Bonchev–Trinajstić information content (AvgIpc) is 3.11. The standard InChI is InChI=1S/C13H16N2O/c1-10(9-11-5-3-2-4-6-11)14-15-13(16)12-7-8-12/h2-6,12H,7-9H2,1H3,(H,15,16)/b14-10-. The van der Waals surface area contributed by atoms with E-state index in [2.05, 4.69) is 22.7 Å². The van der Waals surface area contributed by atoms with E-state index in [0.717, 1.165) is 25.0 Å². The number of hydrogen-bond acceptors (Lipinski definition) is 2. The van der Waals surface area contributed by atoms with Crippen LogP contribution < -0.4 is 5.43 Å². The normalized spacial score (nSPS) is 15.9. The highest BCUT2D eigenvalue weighted by Gasteiger charge is 2.29. The van der Waals surface area contributed by atoms with Crippen LogP contribution in [0.1, 0.15) is 25.3 Å². The second kappa shape index (κ2) is 4.92. The van der Waals surface area contributed by atoms with Crippen molar-refractivity contribution in [2.24, 2.45) is 11.0 Å². The number of amides is 1. The number of hydrazone groups is 1. The first kappa shape index (κ1) is 10.9. The van der Waals surface area contributed by atoms with Crippen LogP contribution in [-0.2, 0) is 11.2 Å². The maximum Gasteiger partial charge on any atom is 0.243 e. The molecule has 0 aliphatic heterocycles. The van der Waals surface area contributed by atoms with E-state index in [1.54, 1.807) is 0 Å². The number of carbonyl (C=O) groups is 1. The Morgan fingerprint density at radius 2 is 2.06 bits per heavy atom. The molecule has 0 bridgehead atoms. The van der Waals surface area contributed by atoms with Crippen LogP contribution in [0.15, 0.2) is 35.4 Å². The predicted molar refractivity (Wildman–Crippen MR) is 64.1 cm³/mol. The van der Waals surface area contributed by atoms with Gasteiger partial charge < -0.3 is 0 Å². The molecular weight excluding hydrogens is 200 g/mol. The van der Waals surface area contributed by atoms with E-state index in [1.165, 1.54) is 5.56 Å². The smallest absolute Gasteiger partial charge is 0.243 e. The molecule has 1 aromatic rings. The van der Waals surface area contributed by atoms with Crippen LogP contribution in [-0.4, -0.2) is 11.6 Å². The second-order valence-corrected chi connectivity index (χ2v) is 4.26. The van der Waals surface area contributed by atoms with Gasteiger partial charge in [0.2, 0.25) is 5.91 Å². The first-order chi connectivity index (χ1) is 7.75. The third kappa shape index (κ3) is 3.19. The molecule has 1 fully saturated rings. The van der Waals surface area contributed by atoms with Crippen molar-refractivity contribution in [1.29, 1.82) is 0 Å². The fraction of sp³-hybridized carbons (Fsp3) is 0.385. The van der Waals surface area contributed by atoms with Gasteiger partial charge in [-0.05, 0) is 25.3 Å². The summed E-state index contributed by atoms with van der Waals surface area (Å²) in [6.07, 6.45) is 2.81. The second-order valence-electron chi connectivity index (χ2n) is 4.26. The molecule has 0 atom stereocenters. The molecule has 1 aliphatic rings. The van der Waals surface area contributed by atoms with E-state index in [9.17, 15) is 4.79 Å². The third-order valence-corrected chi connectivity index (χ3v) is 2.61. The van der Waals surface area contributed by atoms with E-state index in [1.807, 2.05) is 25.1 Å². The van der Waals surface area contributed by atoms with Crippen LogP contribution in [0.4, 0.5) is 0 Å². The lowest BCUT2D eigenvalue weighted by Gasteiger charge is -2.02. The summed E-state index contributed by atoms with van der Waals surface area (Å²) in [7, 11) is 0. The third-order valence-electron chi connectivity index (χ3n) is 2.61. The van der Waals surface area contributed by atoms with Crippen molar-refractivity contribution in [2.75, 3.05) is 0 Å². The number of rotatable bonds is 4. The van der Waals surface area contributed by atoms with Gasteiger partial charge in [0.05, 0.1) is 0 Å². The predicted octanol–water partition coefficient (Wildman–Crippen LogP) is 2.13. The van der Waals surface area contributed by atoms with Crippen molar-refractivity contribution in [3.8, 4) is 0 Å². The fourth-order valence-electron chi connectivity index (χ4n) is 1.52. The largest absolute Gasteiger partial charge is 0.273 e. The molecule has 1 amide bonds. The number of nitrogens with one attached hydrogen (secondary N) is 1. The van der Waals surface area contributed by atoms with E-state index < -0.39 is 0 Å². The molecule has 1 aliphatic carbocycles. The highest BCUT2D eigenvalue weighted by atomic mass is 16.2. The minimum absolute atomic E-state index is 0.0624. The summed E-state index contributed by atoms with van der Waals surface area (Å²) >= 11 is 0. The molecule has 1 N–H and O–H groups in total. The first-order valence-corrected chi connectivity index (χ1v) is 5.62. The zero-order chi connectivity index (χ0) is 11.4. The minimum Gasteiger partial charge on any atom is -0.273 e. The lowest BCUT2D eigenvalue weighted by atomic mass is 10.1. The van der Waals surface area contributed by atoms with Crippen LogP contribution in [0.3, 0.4) is 0 Å². The maximum absolute atomic E-state index is 11.3. The summed E-state index contributed by atoms with van der Waals surface area (Å²) in [6, 6.07) is 10.1. The zero-order valence-corrected chi connectivity index (χ0v) is 9.44. The van der Waals surface area contributed by atoms with Gasteiger partial charge in [0.1, 0.15) is 0 Å². The van der Waals surface area contributed by atoms with Gasteiger partial charge >= 0.3 is 0 Å². The summed E-state index contributed by atoms with van der Waals surface area (Å²) < 4.78 is 0. The molecule has 0 spiro atoms. The Morgan fingerprint density at radius 1 is 1.38 bits per heavy atom. The fourth-order valence-corrected chi connectivity index (χ4v) is 1.52. The van der Waals surface area contributed by atoms with Crippen LogP contribution in [0.25, 0.3) is 0 Å². The molecule has 16 heavy (non-hydrogen) atoms. The molecule has 2 rings (SSSR count). The number of benzene rings is 1. The van der Waals surface area contributed by atoms with Crippen molar-refractivity contribution >= 4 is 11.6 Å². The molecule has 3 nitrogen and oxygen atoms in total. The summed E-state index contributed by atoms with van der Waals surface area (Å²) in [6.45, 7) is 1.93. The lowest BCUT2D eigenvalue weighted by molar-refractivity contribution is -0.122. The quantitative estimate of drug-likeness (QED) is 0.608. The van der Waals surface area contributed by atoms with Crippen molar-refractivity contribution in [3.05, 3.63) is 35.9 Å². The topological polar surface area (TPSA) is 41.5 Å². The SMILES string of the molecule is C/C(Cc1ccccc1)=N/NC(=O)C1CC1. The zero-order valence-electron chi connectivity index (χ0n) is 9.44. The van der Waals surface area contributed by atoms with Crippen LogP contribution >= 0.6 is 0 Å². The monoisotopic (exact) mass is 216 g/mol. The Hall–Kier alpha value is -1.64. The molecule has 0 heterocycles. The van der Waals surface area contributed by atoms with Gasteiger partial charge in [-0.3, -0.25) is 4.79 Å². The Balaban J connectivity index is 1.84. The molecule has 0 aromatic heterocycles. The number of carbonyl (C=O) groups excluding carboxylic acids is 1. The van der Waals surface area contributed by atoms with Crippen LogP contribution in [0, 0.1) is 5.92 Å². The van der Waals surface area contributed by atoms with Gasteiger partial charge in [-0.1, -0.05) is 30.3 Å². The minimum atomic E-state index is 0.0624. The average molecular weight is 216 g/mol. The highest BCUT2D eigenvalue weighted by molar-refractivity contribution is 5.87. The summed E-state index contributed by atoms with van der Waals surface area (Å²) in [4.78, 5) is 11.3. The van der Waals surface area contributed by atoms with Gasteiger partial charge in [0.15, 0.2) is 0 Å². The van der Waals surface area contributed by atoms with E-state index in [-0.39, 0.29) is 11.8 Å². The van der Waals surface area contributed by atoms with Gasteiger partial charge in [-0.15, -0.1) is 0 Å². The maximum atomic E-state index is 11.3. The molecular formula is C13H16N2O. The number of nitrogens with zero attached hydrogens (tertiary/aromatic N) is 1. The Morgan fingerprint density at radius 3 is 2.69 bits per heavy atom. The summed E-state index contributed by atoms with van der Waals surface area (Å²) in [5.74, 6) is 0.278. The number of hydrogen-bond donors (Lipinski definition) is 1. The van der Waals surface area contributed by atoms with Crippen molar-refractivity contribution in [2.45, 2.75) is 26.2 Å². The van der Waals surface area contributed by atoms with Gasteiger partial charge in [-0.25, -0.2) is 5.43 Å². The molecule has 1 aromatic carbocycles. The molecule has 84 valence electrons. The molecule has 0 saturated heterocycles. The van der Waals surface area contributed by atoms with E-state index >= 15 is 0 Å². The molecule has 3 heteroatoms. The van der Waals surface area contributed by atoms with Crippen LogP contribution in [0.2, 0.25) is 0 Å².